The Balaban J connectivity index is 2.45. The van der Waals surface area contributed by atoms with Crippen LogP contribution < -0.4 is 4.91 Å². The monoisotopic (exact) mass is 202 g/mol. The predicted octanol–water partition coefficient (Wildman–Crippen LogP) is 1.43. The number of hydrogen-bond acceptors (Lipinski definition) is 4. The van der Waals surface area contributed by atoms with Crippen LogP contribution in [0.3, 0.4) is 0 Å². The molecular weight excluding hydrogens is 194 g/mol. The van der Waals surface area contributed by atoms with E-state index in [1.807, 2.05) is 0 Å². The molecule has 0 spiro atoms. The Morgan fingerprint density at radius 1 is 1.60 bits per heavy atom. The topological polar surface area (TPSA) is 96.1 Å². The van der Waals surface area contributed by atoms with E-state index in [1.54, 1.807) is 18.3 Å². The van der Waals surface area contributed by atoms with Crippen molar-refractivity contribution in [3.63, 3.8) is 0 Å². The minimum atomic E-state index is 0.273. The summed E-state index contributed by atoms with van der Waals surface area (Å²) in [6, 6.07) is 3.52. The van der Waals surface area contributed by atoms with E-state index in [0.717, 1.165) is 17.2 Å². The zero-order valence-corrected chi connectivity index (χ0v) is 7.77. The van der Waals surface area contributed by atoms with Gasteiger partial charge in [0.15, 0.2) is 12.8 Å². The van der Waals surface area contributed by atoms with Crippen LogP contribution in [0.4, 0.5) is 0 Å². The molecule has 2 aromatic heterocycles. The maximum atomic E-state index is 10.5. The lowest BCUT2D eigenvalue weighted by molar-refractivity contribution is 0.112. The Hall–Kier alpha value is -2.33. The number of pyridine rings is 1. The van der Waals surface area contributed by atoms with E-state index in [-0.39, 0.29) is 6.54 Å². The molecule has 0 aliphatic carbocycles. The average molecular weight is 202 g/mol. The molecule has 0 atom stereocenters. The first kappa shape index (κ1) is 9.23. The van der Waals surface area contributed by atoms with Crippen LogP contribution in [0.5, 0.6) is 0 Å². The van der Waals surface area contributed by atoms with Gasteiger partial charge in [-0.05, 0) is 12.1 Å². The molecule has 6 nitrogen and oxygen atoms in total. The second kappa shape index (κ2) is 3.81. The fourth-order valence-electron chi connectivity index (χ4n) is 1.35. The van der Waals surface area contributed by atoms with Crippen molar-refractivity contribution in [1.82, 2.24) is 14.9 Å². The van der Waals surface area contributed by atoms with Gasteiger partial charge in [0, 0.05) is 17.1 Å². The number of aromatic nitrogens is 2. The lowest BCUT2D eigenvalue weighted by Crippen LogP contribution is -1.86. The van der Waals surface area contributed by atoms with Gasteiger partial charge in [0.1, 0.15) is 10.6 Å². The highest BCUT2D eigenvalue weighted by Gasteiger charge is 2.03. The maximum absolute atomic E-state index is 10.5. The van der Waals surface area contributed by atoms with E-state index in [2.05, 4.69) is 20.0 Å². The number of nitrogens with one attached hydrogen (secondary N) is 2. The van der Waals surface area contributed by atoms with Crippen LogP contribution >= 0.6 is 0 Å². The van der Waals surface area contributed by atoms with Crippen molar-refractivity contribution in [2.24, 2.45) is 5.11 Å². The van der Waals surface area contributed by atoms with Crippen LogP contribution in [0.15, 0.2) is 23.4 Å². The molecular formula is C9H8N5O+. The largest absolute Gasteiger partial charge is 0.352 e. The summed E-state index contributed by atoms with van der Waals surface area (Å²) < 4.78 is 0. The Morgan fingerprint density at radius 2 is 2.47 bits per heavy atom. The van der Waals surface area contributed by atoms with Crippen molar-refractivity contribution in [2.75, 3.05) is 0 Å². The fourth-order valence-corrected chi connectivity index (χ4v) is 1.35. The smallest absolute Gasteiger partial charge is 0.214 e. The lowest BCUT2D eigenvalue weighted by atomic mass is 10.3. The molecule has 2 N–H and O–H groups in total. The van der Waals surface area contributed by atoms with Crippen LogP contribution in [0.25, 0.3) is 10.9 Å². The highest BCUT2D eigenvalue weighted by Crippen LogP contribution is 2.14. The molecule has 2 aromatic rings. The first-order valence-corrected chi connectivity index (χ1v) is 4.29. The molecule has 0 aliphatic rings. The summed E-state index contributed by atoms with van der Waals surface area (Å²) in [6.07, 6.45) is 2.41. The van der Waals surface area contributed by atoms with Crippen LogP contribution in [0.1, 0.15) is 16.2 Å². The number of aromatic amines is 1. The van der Waals surface area contributed by atoms with Gasteiger partial charge in [-0.25, -0.2) is 0 Å². The van der Waals surface area contributed by atoms with E-state index in [1.165, 1.54) is 0 Å². The number of carbonyl (C=O) groups excluding carboxylic acids is 1. The quantitative estimate of drug-likeness (QED) is 0.447. The summed E-state index contributed by atoms with van der Waals surface area (Å²) in [5.41, 5.74) is 8.59. The minimum absolute atomic E-state index is 0.273. The van der Waals surface area contributed by atoms with Crippen LogP contribution in [-0.2, 0) is 6.54 Å². The molecule has 2 heterocycles. The second-order valence-corrected chi connectivity index (χ2v) is 3.00. The molecule has 15 heavy (non-hydrogen) atoms. The van der Waals surface area contributed by atoms with Crippen LogP contribution in [-0.4, -0.2) is 16.3 Å². The van der Waals surface area contributed by atoms with Gasteiger partial charge in [0.2, 0.25) is 4.91 Å². The molecule has 0 saturated carbocycles. The third-order valence-electron chi connectivity index (χ3n) is 2.01. The summed E-state index contributed by atoms with van der Waals surface area (Å²) in [7, 11) is 0. The minimum Gasteiger partial charge on any atom is -0.352 e. The third-order valence-corrected chi connectivity index (χ3v) is 2.01. The number of carbonyl (C=O) groups is 1. The summed E-state index contributed by atoms with van der Waals surface area (Å²) in [4.78, 5) is 20.5. The molecule has 0 fully saturated rings. The van der Waals surface area contributed by atoms with E-state index < -0.39 is 0 Å². The van der Waals surface area contributed by atoms with Crippen LogP contribution in [0, 0.1) is 5.53 Å². The normalized spacial score (nSPS) is 9.87. The predicted molar refractivity (Wildman–Crippen MR) is 52.5 cm³/mol. The van der Waals surface area contributed by atoms with Gasteiger partial charge in [-0.3, -0.25) is 9.78 Å². The number of hydrogen-bond donors (Lipinski definition) is 2. The second-order valence-electron chi connectivity index (χ2n) is 3.00. The maximum Gasteiger partial charge on any atom is 0.214 e. The highest BCUT2D eigenvalue weighted by molar-refractivity contribution is 5.87. The van der Waals surface area contributed by atoms with Crippen molar-refractivity contribution in [1.29, 1.82) is 5.53 Å². The zero-order chi connectivity index (χ0) is 10.7. The summed E-state index contributed by atoms with van der Waals surface area (Å²) >= 11 is 0. The standard InChI is InChI=1S/C9H7N5O/c10-14-12-4-7-2-9-6(3-11-7)1-8(5-15)13-9/h1-3,5,10H,4H2/p+1. The van der Waals surface area contributed by atoms with Gasteiger partial charge >= 0.3 is 0 Å². The van der Waals surface area contributed by atoms with E-state index in [4.69, 9.17) is 5.53 Å². The van der Waals surface area contributed by atoms with Crippen molar-refractivity contribution in [2.45, 2.75) is 6.54 Å². The van der Waals surface area contributed by atoms with E-state index in [0.29, 0.717) is 11.4 Å². The Bertz CT molecular complexity index is 553. The first-order valence-electron chi connectivity index (χ1n) is 4.29. The zero-order valence-electron chi connectivity index (χ0n) is 7.77. The fraction of sp³-hybridized carbons (Fsp3) is 0.111. The number of aldehydes is 1. The number of rotatable bonds is 3. The molecule has 0 bridgehead atoms. The van der Waals surface area contributed by atoms with Gasteiger partial charge in [0.25, 0.3) is 0 Å². The van der Waals surface area contributed by atoms with Gasteiger partial charge in [0.05, 0.1) is 11.4 Å². The Kier molecular flexibility index (Phi) is 2.35. The van der Waals surface area contributed by atoms with Gasteiger partial charge in [-0.15, -0.1) is 0 Å². The van der Waals surface area contributed by atoms with Gasteiger partial charge < -0.3 is 4.98 Å². The van der Waals surface area contributed by atoms with Crippen molar-refractivity contribution in [3.05, 3.63) is 29.7 Å². The lowest BCUT2D eigenvalue weighted by Gasteiger charge is -1.91. The molecule has 0 unspecified atom stereocenters. The average Bonchev–Trinajstić information content (AvgIpc) is 2.68. The summed E-state index contributed by atoms with van der Waals surface area (Å²) in [6.45, 7) is 0.273. The summed E-state index contributed by atoms with van der Waals surface area (Å²) in [5, 5.41) is 4.40. The molecule has 6 heteroatoms. The molecule has 0 amide bonds. The molecule has 0 saturated heterocycles. The first-order chi connectivity index (χ1) is 7.33. The van der Waals surface area contributed by atoms with E-state index >= 15 is 0 Å². The van der Waals surface area contributed by atoms with E-state index in [9.17, 15) is 4.79 Å². The van der Waals surface area contributed by atoms with Crippen molar-refractivity contribution in [3.8, 4) is 0 Å². The molecule has 2 rings (SSSR count). The van der Waals surface area contributed by atoms with Gasteiger partial charge in [-0.1, -0.05) is 0 Å². The number of fused-ring (bicyclic) bond motifs is 1. The SMILES string of the molecule is N=[N+]=NCc1cc2[nH]c(C=O)cc2cn1. The Morgan fingerprint density at radius 3 is 3.20 bits per heavy atom. The third kappa shape index (κ3) is 1.79. The summed E-state index contributed by atoms with van der Waals surface area (Å²) in [5.74, 6) is 0. The molecule has 0 aliphatic heterocycles. The van der Waals surface area contributed by atoms with Gasteiger partial charge in [-0.2, -0.15) is 0 Å². The number of H-pyrrole nitrogens is 1. The highest BCUT2D eigenvalue weighted by atomic mass is 16.1. The van der Waals surface area contributed by atoms with Crippen molar-refractivity contribution < 1.29 is 4.79 Å². The molecule has 0 aromatic carbocycles. The molecule has 74 valence electrons. The number of nitrogens with zero attached hydrogens (tertiary/aromatic N) is 3. The van der Waals surface area contributed by atoms with Crippen LogP contribution in [0.2, 0.25) is 0 Å². The van der Waals surface area contributed by atoms with Crippen molar-refractivity contribution >= 4 is 17.2 Å². The Labute approximate surface area is 84.6 Å². The molecule has 0 radical (unpaired) electrons.